The van der Waals surface area contributed by atoms with Gasteiger partial charge in [0.1, 0.15) is 5.75 Å². The second kappa shape index (κ2) is 6.80. The van der Waals surface area contributed by atoms with E-state index in [0.717, 1.165) is 5.56 Å². The van der Waals surface area contributed by atoms with Crippen molar-refractivity contribution < 1.29 is 9.53 Å². The van der Waals surface area contributed by atoms with Crippen LogP contribution in [0.2, 0.25) is 0 Å². The van der Waals surface area contributed by atoms with Crippen molar-refractivity contribution in [2.45, 2.75) is 39.0 Å². The standard InChI is InChI=1S/C15H19NO2/c1-11(2)12-7-8-15(18-3)13(10-12)14(17)6-4-5-9-16/h7-8,10-11H,4-6H2,1-3H3. The van der Waals surface area contributed by atoms with E-state index >= 15 is 0 Å². The van der Waals surface area contributed by atoms with Crippen LogP contribution in [0.1, 0.15) is 54.9 Å². The normalized spacial score (nSPS) is 10.2. The largest absolute Gasteiger partial charge is 0.496 e. The van der Waals surface area contributed by atoms with E-state index in [-0.39, 0.29) is 5.78 Å². The minimum Gasteiger partial charge on any atom is -0.496 e. The van der Waals surface area contributed by atoms with Crippen molar-refractivity contribution in [2.75, 3.05) is 7.11 Å². The van der Waals surface area contributed by atoms with E-state index in [1.165, 1.54) is 0 Å². The highest BCUT2D eigenvalue weighted by Gasteiger charge is 2.13. The van der Waals surface area contributed by atoms with Crippen LogP contribution in [0.3, 0.4) is 0 Å². The number of carbonyl (C=O) groups is 1. The highest BCUT2D eigenvalue weighted by molar-refractivity contribution is 5.98. The summed E-state index contributed by atoms with van der Waals surface area (Å²) in [7, 11) is 1.57. The lowest BCUT2D eigenvalue weighted by Gasteiger charge is -2.11. The molecule has 18 heavy (non-hydrogen) atoms. The molecule has 0 unspecified atom stereocenters. The first-order valence-corrected chi connectivity index (χ1v) is 6.18. The Hall–Kier alpha value is -1.82. The maximum absolute atomic E-state index is 12.1. The molecular weight excluding hydrogens is 226 g/mol. The van der Waals surface area contributed by atoms with Gasteiger partial charge < -0.3 is 4.74 Å². The fourth-order valence-corrected chi connectivity index (χ4v) is 1.77. The summed E-state index contributed by atoms with van der Waals surface area (Å²) in [5.41, 5.74) is 1.75. The van der Waals surface area contributed by atoms with Gasteiger partial charge in [-0.3, -0.25) is 4.79 Å². The summed E-state index contributed by atoms with van der Waals surface area (Å²) in [5, 5.41) is 8.48. The SMILES string of the molecule is COc1ccc(C(C)C)cc1C(=O)CCCC#N. The number of hydrogen-bond donors (Lipinski definition) is 0. The molecule has 0 aliphatic heterocycles. The van der Waals surface area contributed by atoms with Crippen LogP contribution >= 0.6 is 0 Å². The second-order valence-electron chi connectivity index (χ2n) is 4.55. The number of nitriles is 1. The number of benzene rings is 1. The molecule has 0 amide bonds. The average Bonchev–Trinajstić information content (AvgIpc) is 2.38. The van der Waals surface area contributed by atoms with Crippen LogP contribution in [0, 0.1) is 11.3 Å². The van der Waals surface area contributed by atoms with Gasteiger partial charge in [-0.2, -0.15) is 5.26 Å². The third-order valence-corrected chi connectivity index (χ3v) is 2.88. The molecular formula is C15H19NO2. The smallest absolute Gasteiger partial charge is 0.166 e. The zero-order valence-electron chi connectivity index (χ0n) is 11.2. The molecule has 0 aromatic heterocycles. The van der Waals surface area contributed by atoms with Crippen molar-refractivity contribution in [1.29, 1.82) is 5.26 Å². The molecule has 0 aliphatic rings. The van der Waals surface area contributed by atoms with Crippen LogP contribution < -0.4 is 4.74 Å². The summed E-state index contributed by atoms with van der Waals surface area (Å²) in [5.74, 6) is 1.03. The molecule has 0 saturated carbocycles. The zero-order valence-corrected chi connectivity index (χ0v) is 11.2. The highest BCUT2D eigenvalue weighted by atomic mass is 16.5. The molecule has 3 heteroatoms. The van der Waals surface area contributed by atoms with E-state index in [2.05, 4.69) is 13.8 Å². The summed E-state index contributed by atoms with van der Waals surface area (Å²) in [6.07, 6.45) is 1.41. The number of carbonyl (C=O) groups excluding carboxylic acids is 1. The molecule has 96 valence electrons. The Labute approximate surface area is 108 Å². The van der Waals surface area contributed by atoms with Gasteiger partial charge in [-0.1, -0.05) is 19.9 Å². The molecule has 1 aromatic rings. The predicted octanol–water partition coefficient (Wildman–Crippen LogP) is 3.70. The molecule has 1 rings (SSSR count). The summed E-state index contributed by atoms with van der Waals surface area (Å²) < 4.78 is 5.22. The Morgan fingerprint density at radius 2 is 2.17 bits per heavy atom. The van der Waals surface area contributed by atoms with Crippen molar-refractivity contribution in [3.8, 4) is 11.8 Å². The number of Topliss-reactive ketones (excluding diaryl/α,β-unsaturated/α-hetero) is 1. The number of methoxy groups -OCH3 is 1. The van der Waals surface area contributed by atoms with Crippen LogP contribution in [-0.2, 0) is 0 Å². The minimum absolute atomic E-state index is 0.0459. The van der Waals surface area contributed by atoms with Gasteiger partial charge in [0.2, 0.25) is 0 Å². The van der Waals surface area contributed by atoms with Gasteiger partial charge in [0.25, 0.3) is 0 Å². The van der Waals surface area contributed by atoms with Crippen LogP contribution in [0.15, 0.2) is 18.2 Å². The summed E-state index contributed by atoms with van der Waals surface area (Å²) in [6, 6.07) is 7.77. The maximum atomic E-state index is 12.1. The van der Waals surface area contributed by atoms with Gasteiger partial charge in [-0.15, -0.1) is 0 Å². The van der Waals surface area contributed by atoms with Gasteiger partial charge in [0, 0.05) is 12.8 Å². The third-order valence-electron chi connectivity index (χ3n) is 2.88. The van der Waals surface area contributed by atoms with Crippen molar-refractivity contribution in [3.05, 3.63) is 29.3 Å². The number of ketones is 1. The Kier molecular flexibility index (Phi) is 5.38. The number of hydrogen-bond acceptors (Lipinski definition) is 3. The Bertz CT molecular complexity index is 458. The van der Waals surface area contributed by atoms with Gasteiger partial charge in [-0.25, -0.2) is 0 Å². The summed E-state index contributed by atoms with van der Waals surface area (Å²) in [6.45, 7) is 4.18. The molecule has 0 bridgehead atoms. The average molecular weight is 245 g/mol. The first-order chi connectivity index (χ1) is 8.60. The maximum Gasteiger partial charge on any atom is 0.166 e. The minimum atomic E-state index is 0.0459. The summed E-state index contributed by atoms with van der Waals surface area (Å²) >= 11 is 0. The first-order valence-electron chi connectivity index (χ1n) is 6.18. The van der Waals surface area contributed by atoms with E-state index in [9.17, 15) is 4.79 Å². The lowest BCUT2D eigenvalue weighted by Crippen LogP contribution is -2.04. The number of rotatable bonds is 6. The molecule has 0 saturated heterocycles. The monoisotopic (exact) mass is 245 g/mol. The molecule has 0 radical (unpaired) electrons. The third kappa shape index (κ3) is 3.59. The van der Waals surface area contributed by atoms with Gasteiger partial charge in [-0.05, 0) is 30.0 Å². The Balaban J connectivity index is 2.93. The molecule has 1 aromatic carbocycles. The quantitative estimate of drug-likeness (QED) is 0.567. The fourth-order valence-electron chi connectivity index (χ4n) is 1.77. The topological polar surface area (TPSA) is 50.1 Å². The van der Waals surface area contributed by atoms with Crippen molar-refractivity contribution in [2.24, 2.45) is 0 Å². The lowest BCUT2D eigenvalue weighted by atomic mass is 9.97. The molecule has 0 heterocycles. The van der Waals surface area contributed by atoms with Crippen LogP contribution in [0.25, 0.3) is 0 Å². The lowest BCUT2D eigenvalue weighted by molar-refractivity contribution is 0.0977. The van der Waals surface area contributed by atoms with Crippen molar-refractivity contribution in [3.63, 3.8) is 0 Å². The van der Waals surface area contributed by atoms with Gasteiger partial charge in [0.05, 0.1) is 18.7 Å². The number of ether oxygens (including phenoxy) is 1. The van der Waals surface area contributed by atoms with E-state index in [1.54, 1.807) is 7.11 Å². The van der Waals surface area contributed by atoms with E-state index in [1.807, 2.05) is 24.3 Å². The highest BCUT2D eigenvalue weighted by Crippen LogP contribution is 2.25. The molecule has 0 atom stereocenters. The predicted molar refractivity (Wildman–Crippen MR) is 70.9 cm³/mol. The van der Waals surface area contributed by atoms with Crippen molar-refractivity contribution in [1.82, 2.24) is 0 Å². The molecule has 0 fully saturated rings. The van der Waals surface area contributed by atoms with Crippen LogP contribution in [0.4, 0.5) is 0 Å². The molecule has 3 nitrogen and oxygen atoms in total. The van der Waals surface area contributed by atoms with Crippen molar-refractivity contribution >= 4 is 5.78 Å². The zero-order chi connectivity index (χ0) is 13.5. The number of nitrogens with zero attached hydrogens (tertiary/aromatic N) is 1. The van der Waals surface area contributed by atoms with E-state index in [4.69, 9.17) is 10.00 Å². The summed E-state index contributed by atoms with van der Waals surface area (Å²) in [4.78, 5) is 12.1. The second-order valence-corrected chi connectivity index (χ2v) is 4.55. The molecule has 0 spiro atoms. The molecule has 0 aliphatic carbocycles. The van der Waals surface area contributed by atoms with Crippen LogP contribution in [0.5, 0.6) is 5.75 Å². The number of unbranched alkanes of at least 4 members (excludes halogenated alkanes) is 1. The fraction of sp³-hybridized carbons (Fsp3) is 0.467. The van der Waals surface area contributed by atoms with E-state index in [0.29, 0.717) is 36.5 Å². The van der Waals surface area contributed by atoms with Crippen LogP contribution in [-0.4, -0.2) is 12.9 Å². The van der Waals surface area contributed by atoms with E-state index < -0.39 is 0 Å². The van der Waals surface area contributed by atoms with Gasteiger partial charge >= 0.3 is 0 Å². The Morgan fingerprint density at radius 1 is 1.44 bits per heavy atom. The first kappa shape index (κ1) is 14.2. The van der Waals surface area contributed by atoms with Gasteiger partial charge in [0.15, 0.2) is 5.78 Å². The molecule has 0 N–H and O–H groups in total. The Morgan fingerprint density at radius 3 is 2.72 bits per heavy atom.